The number of nitrogens with zero attached hydrogens (tertiary/aromatic N) is 7. The molecule has 2 aliphatic rings. The smallest absolute Gasteiger partial charge is 0.229 e. The van der Waals surface area contributed by atoms with Crippen LogP contribution in [-0.2, 0) is 12.0 Å². The van der Waals surface area contributed by atoms with Crippen LogP contribution in [0.3, 0.4) is 0 Å². The number of aryl methyl sites for hydroxylation is 1. The molecule has 1 saturated heterocycles. The van der Waals surface area contributed by atoms with E-state index in [2.05, 4.69) is 67.6 Å². The second kappa shape index (κ2) is 8.72. The number of halogens is 2. The summed E-state index contributed by atoms with van der Waals surface area (Å²) in [6.45, 7) is 6.15. The van der Waals surface area contributed by atoms with E-state index in [1.165, 1.54) is 6.07 Å². The number of hydrogen-bond donors (Lipinski definition) is 1. The fourth-order valence-corrected chi connectivity index (χ4v) is 5.48. The van der Waals surface area contributed by atoms with Crippen LogP contribution in [0, 0.1) is 11.6 Å². The molecule has 0 amide bonds. The van der Waals surface area contributed by atoms with Crippen LogP contribution >= 0.6 is 0 Å². The molecule has 2 aliphatic heterocycles. The number of imidazole rings is 1. The lowest BCUT2D eigenvalue weighted by atomic mass is 10.0. The van der Waals surface area contributed by atoms with Crippen molar-refractivity contribution >= 4 is 28.5 Å². The predicted molar refractivity (Wildman–Crippen MR) is 140 cm³/mol. The Balaban J connectivity index is 1.27. The Bertz CT molecular complexity index is 1480. The van der Waals surface area contributed by atoms with Gasteiger partial charge in [-0.25, -0.2) is 28.7 Å². The first-order valence-electron chi connectivity index (χ1n) is 12.6. The van der Waals surface area contributed by atoms with Crippen LogP contribution in [0.15, 0.2) is 36.7 Å². The summed E-state index contributed by atoms with van der Waals surface area (Å²) in [5, 5.41) is 3.05. The van der Waals surface area contributed by atoms with Crippen LogP contribution in [0.4, 0.5) is 26.2 Å². The van der Waals surface area contributed by atoms with E-state index >= 15 is 4.39 Å². The zero-order valence-corrected chi connectivity index (χ0v) is 21.5. The fourth-order valence-electron chi connectivity index (χ4n) is 5.48. The molecule has 0 aliphatic carbocycles. The van der Waals surface area contributed by atoms with Gasteiger partial charge in [-0.1, -0.05) is 0 Å². The first kappa shape index (κ1) is 23.7. The molecule has 1 fully saturated rings. The van der Waals surface area contributed by atoms with Gasteiger partial charge in [-0.05, 0) is 65.0 Å². The van der Waals surface area contributed by atoms with Crippen molar-refractivity contribution in [3.8, 4) is 11.3 Å². The molecule has 0 bridgehead atoms. The molecule has 1 aromatic carbocycles. The van der Waals surface area contributed by atoms with Crippen LogP contribution in [0.1, 0.15) is 32.5 Å². The third kappa shape index (κ3) is 4.19. The third-order valence-corrected chi connectivity index (χ3v) is 7.61. The second-order valence-electron chi connectivity index (χ2n) is 10.8. The van der Waals surface area contributed by atoms with Gasteiger partial charge in [0.2, 0.25) is 5.95 Å². The number of hydrogen-bond acceptors (Lipinski definition) is 7. The molecule has 4 aromatic rings. The fraction of sp³-hybridized carbons (Fsp3) is 0.407. The van der Waals surface area contributed by atoms with Gasteiger partial charge in [-0.15, -0.1) is 0 Å². The van der Waals surface area contributed by atoms with Crippen LogP contribution in [-0.4, -0.2) is 62.6 Å². The molecule has 192 valence electrons. The molecule has 6 rings (SSSR count). The number of anilines is 3. The molecular formula is C27H30F2N8. The Labute approximate surface area is 214 Å². The lowest BCUT2D eigenvalue weighted by molar-refractivity contribution is 0.315. The van der Waals surface area contributed by atoms with Gasteiger partial charge in [0.05, 0.1) is 23.6 Å². The van der Waals surface area contributed by atoms with Crippen LogP contribution in [0.2, 0.25) is 0 Å². The number of likely N-dealkylation sites (N-methyl/N-ethyl adjacent to an activating group) is 1. The van der Waals surface area contributed by atoms with Gasteiger partial charge in [0.1, 0.15) is 22.9 Å². The first-order valence-corrected chi connectivity index (χ1v) is 12.6. The highest BCUT2D eigenvalue weighted by Gasteiger charge is 2.33. The highest BCUT2D eigenvalue weighted by molar-refractivity contribution is 5.83. The molecule has 8 nitrogen and oxygen atoms in total. The summed E-state index contributed by atoms with van der Waals surface area (Å²) >= 11 is 0. The van der Waals surface area contributed by atoms with Gasteiger partial charge < -0.3 is 19.7 Å². The Hall–Kier alpha value is -3.66. The molecule has 5 heterocycles. The molecule has 1 atom stereocenters. The lowest BCUT2D eigenvalue weighted by Crippen LogP contribution is -2.31. The van der Waals surface area contributed by atoms with Crippen LogP contribution in [0.5, 0.6) is 0 Å². The Morgan fingerprint density at radius 3 is 2.62 bits per heavy atom. The van der Waals surface area contributed by atoms with Crippen molar-refractivity contribution in [2.45, 2.75) is 44.7 Å². The minimum Gasteiger partial charge on any atom is -0.369 e. The van der Waals surface area contributed by atoms with E-state index in [-0.39, 0.29) is 17.2 Å². The third-order valence-electron chi connectivity index (χ3n) is 7.61. The maximum Gasteiger partial charge on any atom is 0.229 e. The highest BCUT2D eigenvalue weighted by Crippen LogP contribution is 2.38. The summed E-state index contributed by atoms with van der Waals surface area (Å²) in [5.74, 6) is 0.458. The van der Waals surface area contributed by atoms with E-state index in [0.717, 1.165) is 50.1 Å². The van der Waals surface area contributed by atoms with E-state index in [1.807, 2.05) is 18.3 Å². The zero-order chi connectivity index (χ0) is 25.9. The molecule has 0 spiro atoms. The van der Waals surface area contributed by atoms with Crippen molar-refractivity contribution in [1.82, 2.24) is 29.4 Å². The number of aromatic nitrogens is 5. The van der Waals surface area contributed by atoms with Crippen molar-refractivity contribution in [3.63, 3.8) is 0 Å². The number of nitrogens with one attached hydrogen (secondary N) is 1. The molecule has 10 heteroatoms. The van der Waals surface area contributed by atoms with E-state index in [9.17, 15) is 4.39 Å². The lowest BCUT2D eigenvalue weighted by Gasteiger charge is -2.22. The standard InChI is InChI=1S/C27H30F2N8/c1-27(2)9-7-23-33-25-19(28)11-16(12-21(25)37(23)27)24-20(29)14-31-26(34-24)32-22-6-5-17(13-30-22)36-10-8-18(15-36)35(3)4/h5-6,11-14,18H,7-10,15H2,1-4H3,(H,30,31,32,34)/t18-/m0/s1. The summed E-state index contributed by atoms with van der Waals surface area (Å²) < 4.78 is 32.0. The van der Waals surface area contributed by atoms with Crippen molar-refractivity contribution < 1.29 is 8.78 Å². The summed E-state index contributed by atoms with van der Waals surface area (Å²) in [6.07, 6.45) is 5.73. The zero-order valence-electron chi connectivity index (χ0n) is 21.5. The van der Waals surface area contributed by atoms with Gasteiger partial charge in [-0.2, -0.15) is 0 Å². The predicted octanol–water partition coefficient (Wildman–Crippen LogP) is 4.73. The molecule has 0 radical (unpaired) electrons. The highest BCUT2D eigenvalue weighted by atomic mass is 19.1. The van der Waals surface area contributed by atoms with Crippen LogP contribution in [0.25, 0.3) is 22.3 Å². The van der Waals surface area contributed by atoms with Crippen molar-refractivity contribution in [2.75, 3.05) is 37.4 Å². The van der Waals surface area contributed by atoms with E-state index in [4.69, 9.17) is 0 Å². The Morgan fingerprint density at radius 2 is 1.89 bits per heavy atom. The number of rotatable bonds is 5. The molecular weight excluding hydrogens is 474 g/mol. The van der Waals surface area contributed by atoms with Gasteiger partial charge in [0, 0.05) is 36.7 Å². The molecule has 0 saturated carbocycles. The monoisotopic (exact) mass is 504 g/mol. The SMILES string of the molecule is CN(C)[C@H]1CCN(c2ccc(Nc3ncc(F)c(-c4cc(F)c5nc6n(c5c4)C(C)(C)CC6)n3)nc2)C1. The van der Waals surface area contributed by atoms with Gasteiger partial charge >= 0.3 is 0 Å². The molecule has 37 heavy (non-hydrogen) atoms. The minimum absolute atomic E-state index is 0.0214. The average molecular weight is 505 g/mol. The van der Waals surface area contributed by atoms with E-state index in [1.54, 1.807) is 6.07 Å². The molecule has 3 aromatic heterocycles. The first-order chi connectivity index (χ1) is 17.7. The summed E-state index contributed by atoms with van der Waals surface area (Å²) in [6, 6.07) is 7.44. The van der Waals surface area contributed by atoms with Gasteiger partial charge in [0.15, 0.2) is 11.6 Å². The van der Waals surface area contributed by atoms with E-state index in [0.29, 0.717) is 28.5 Å². The second-order valence-corrected chi connectivity index (χ2v) is 10.8. The topological polar surface area (TPSA) is 75.0 Å². The Kier molecular flexibility index (Phi) is 5.59. The quantitative estimate of drug-likeness (QED) is 0.421. The van der Waals surface area contributed by atoms with Gasteiger partial charge in [-0.3, -0.25) is 0 Å². The van der Waals surface area contributed by atoms with E-state index < -0.39 is 11.6 Å². The Morgan fingerprint density at radius 1 is 1.05 bits per heavy atom. The summed E-state index contributed by atoms with van der Waals surface area (Å²) in [7, 11) is 4.21. The largest absolute Gasteiger partial charge is 0.369 e. The normalized spacial score (nSPS) is 18.7. The maximum atomic E-state index is 15.1. The van der Waals surface area contributed by atoms with Crippen molar-refractivity contribution in [3.05, 3.63) is 54.1 Å². The van der Waals surface area contributed by atoms with Crippen molar-refractivity contribution in [1.29, 1.82) is 0 Å². The number of fused-ring (bicyclic) bond motifs is 3. The number of benzene rings is 1. The summed E-state index contributed by atoms with van der Waals surface area (Å²) in [5.41, 5.74) is 2.18. The van der Waals surface area contributed by atoms with Crippen molar-refractivity contribution in [2.24, 2.45) is 0 Å². The van der Waals surface area contributed by atoms with Crippen LogP contribution < -0.4 is 10.2 Å². The molecule has 1 N–H and O–H groups in total. The minimum atomic E-state index is -0.627. The summed E-state index contributed by atoms with van der Waals surface area (Å²) in [4.78, 5) is 22.0. The maximum absolute atomic E-state index is 15.1. The number of pyridine rings is 1. The molecule has 0 unspecified atom stereocenters. The van der Waals surface area contributed by atoms with Gasteiger partial charge in [0.25, 0.3) is 0 Å². The average Bonchev–Trinajstić information content (AvgIpc) is 3.57.